The highest BCUT2D eigenvalue weighted by Crippen LogP contribution is 2.24. The lowest BCUT2D eigenvalue weighted by Gasteiger charge is -2.26. The predicted molar refractivity (Wildman–Crippen MR) is 60.1 cm³/mol. The van der Waals surface area contributed by atoms with Crippen LogP contribution in [0.4, 0.5) is 0 Å². The molecule has 0 aromatic heterocycles. The summed E-state index contributed by atoms with van der Waals surface area (Å²) in [7, 11) is 0. The molecular weight excluding hydrogens is 242 g/mol. The molecule has 0 radical (unpaired) electrons. The monoisotopic (exact) mass is 259 g/mol. The highest BCUT2D eigenvalue weighted by molar-refractivity contribution is 5.87. The molecule has 7 nitrogen and oxygen atoms in total. The Kier molecular flexibility index (Phi) is 4.97. The van der Waals surface area contributed by atoms with Crippen LogP contribution in [0.15, 0.2) is 12.3 Å². The second-order valence-corrected chi connectivity index (χ2v) is 4.08. The van der Waals surface area contributed by atoms with Gasteiger partial charge in [-0.2, -0.15) is 0 Å². The number of hydrogen-bond acceptors (Lipinski definition) is 6. The number of aliphatic hydroxyl groups excluding tert-OH is 3. The summed E-state index contributed by atoms with van der Waals surface area (Å²) in [6.07, 6.45) is -2.38. The van der Waals surface area contributed by atoms with Gasteiger partial charge < -0.3 is 20.1 Å². The SMILES string of the molecule is CC(=O)/C=C\N(C(C)=O)[C@@H]1O[C@H](CO)C(O)[C@@H]1O. The number of carbonyl (C=O) groups is 2. The van der Waals surface area contributed by atoms with Gasteiger partial charge in [-0.3, -0.25) is 14.5 Å². The quantitative estimate of drug-likeness (QED) is 0.524. The predicted octanol–water partition coefficient (Wildman–Crippen LogP) is -1.62. The molecule has 0 saturated carbocycles. The van der Waals surface area contributed by atoms with Crippen LogP contribution in [0.5, 0.6) is 0 Å². The van der Waals surface area contributed by atoms with Gasteiger partial charge in [0.2, 0.25) is 5.91 Å². The van der Waals surface area contributed by atoms with Crippen LogP contribution >= 0.6 is 0 Å². The Labute approximate surface area is 104 Å². The first-order valence-electron chi connectivity index (χ1n) is 5.48. The van der Waals surface area contributed by atoms with Gasteiger partial charge in [0, 0.05) is 13.1 Å². The Balaban J connectivity index is 2.87. The van der Waals surface area contributed by atoms with Crippen LogP contribution in [0.3, 0.4) is 0 Å². The third-order valence-electron chi connectivity index (χ3n) is 2.62. The third kappa shape index (κ3) is 3.14. The minimum atomic E-state index is -1.34. The van der Waals surface area contributed by atoms with Crippen LogP contribution in [-0.4, -0.2) is 63.1 Å². The van der Waals surface area contributed by atoms with E-state index in [4.69, 9.17) is 9.84 Å². The Bertz CT molecular complexity index is 355. The minimum Gasteiger partial charge on any atom is -0.394 e. The van der Waals surface area contributed by atoms with Crippen LogP contribution in [0.1, 0.15) is 13.8 Å². The van der Waals surface area contributed by atoms with Crippen molar-refractivity contribution >= 4 is 11.7 Å². The first-order chi connectivity index (χ1) is 8.38. The Morgan fingerprint density at radius 3 is 2.28 bits per heavy atom. The van der Waals surface area contributed by atoms with E-state index < -0.39 is 37.1 Å². The summed E-state index contributed by atoms with van der Waals surface area (Å²) in [6, 6.07) is 0. The number of carbonyl (C=O) groups excluding carboxylic acids is 2. The van der Waals surface area contributed by atoms with Gasteiger partial charge in [0.15, 0.2) is 12.0 Å². The average Bonchev–Trinajstić information content (AvgIpc) is 2.56. The van der Waals surface area contributed by atoms with Gasteiger partial charge in [-0.05, 0) is 13.0 Å². The second-order valence-electron chi connectivity index (χ2n) is 4.08. The summed E-state index contributed by atoms with van der Waals surface area (Å²) in [4.78, 5) is 23.3. The number of rotatable bonds is 4. The zero-order valence-corrected chi connectivity index (χ0v) is 10.2. The van der Waals surface area contributed by atoms with E-state index >= 15 is 0 Å². The smallest absolute Gasteiger partial charge is 0.225 e. The van der Waals surface area contributed by atoms with Gasteiger partial charge in [-0.15, -0.1) is 0 Å². The van der Waals surface area contributed by atoms with Crippen molar-refractivity contribution < 1.29 is 29.6 Å². The van der Waals surface area contributed by atoms with Gasteiger partial charge in [0.25, 0.3) is 0 Å². The van der Waals surface area contributed by atoms with Crippen LogP contribution in [0.25, 0.3) is 0 Å². The Morgan fingerprint density at radius 1 is 1.28 bits per heavy atom. The fraction of sp³-hybridized carbons (Fsp3) is 0.636. The number of nitrogens with zero attached hydrogens (tertiary/aromatic N) is 1. The summed E-state index contributed by atoms with van der Waals surface area (Å²) in [5, 5.41) is 28.3. The number of amides is 1. The minimum absolute atomic E-state index is 0.270. The summed E-state index contributed by atoms with van der Waals surface area (Å²) in [5.41, 5.74) is 0. The lowest BCUT2D eigenvalue weighted by molar-refractivity contribution is -0.143. The molecule has 102 valence electrons. The molecule has 1 fully saturated rings. The molecule has 1 aliphatic heterocycles. The normalized spacial score (nSPS) is 31.8. The lowest BCUT2D eigenvalue weighted by atomic mass is 10.1. The summed E-state index contributed by atoms with van der Waals surface area (Å²) < 4.78 is 5.18. The zero-order valence-electron chi connectivity index (χ0n) is 10.2. The Morgan fingerprint density at radius 2 is 1.89 bits per heavy atom. The van der Waals surface area contributed by atoms with E-state index in [9.17, 15) is 19.8 Å². The van der Waals surface area contributed by atoms with Gasteiger partial charge >= 0.3 is 0 Å². The zero-order chi connectivity index (χ0) is 13.9. The Hall–Kier alpha value is -1.28. The summed E-state index contributed by atoms with van der Waals surface area (Å²) in [5.74, 6) is -0.727. The first kappa shape index (κ1) is 14.8. The van der Waals surface area contributed by atoms with Gasteiger partial charge in [-0.1, -0.05) is 0 Å². The molecule has 3 N–H and O–H groups in total. The van der Waals surface area contributed by atoms with Gasteiger partial charge in [0.05, 0.1) is 6.61 Å². The third-order valence-corrected chi connectivity index (χ3v) is 2.62. The molecule has 0 spiro atoms. The van der Waals surface area contributed by atoms with Crippen LogP contribution in [-0.2, 0) is 14.3 Å². The summed E-state index contributed by atoms with van der Waals surface area (Å²) in [6.45, 7) is 2.07. The fourth-order valence-corrected chi connectivity index (χ4v) is 1.66. The molecule has 1 saturated heterocycles. The van der Waals surface area contributed by atoms with E-state index in [1.54, 1.807) is 0 Å². The number of hydrogen-bond donors (Lipinski definition) is 3. The molecule has 0 bridgehead atoms. The van der Waals surface area contributed by atoms with Crippen molar-refractivity contribution in [2.75, 3.05) is 6.61 Å². The maximum atomic E-state index is 11.4. The molecule has 0 aliphatic carbocycles. The van der Waals surface area contributed by atoms with Crippen molar-refractivity contribution in [1.29, 1.82) is 0 Å². The molecule has 1 heterocycles. The van der Waals surface area contributed by atoms with E-state index in [2.05, 4.69) is 0 Å². The molecular formula is C11H17NO6. The van der Waals surface area contributed by atoms with Crippen LogP contribution in [0, 0.1) is 0 Å². The topological polar surface area (TPSA) is 107 Å². The summed E-state index contributed by atoms with van der Waals surface area (Å²) >= 11 is 0. The highest BCUT2D eigenvalue weighted by Gasteiger charge is 2.45. The van der Waals surface area contributed by atoms with E-state index in [1.807, 2.05) is 0 Å². The maximum Gasteiger partial charge on any atom is 0.225 e. The van der Waals surface area contributed by atoms with Crippen molar-refractivity contribution in [3.05, 3.63) is 12.3 Å². The van der Waals surface area contributed by atoms with Crippen LogP contribution < -0.4 is 0 Å². The molecule has 1 aliphatic rings. The molecule has 0 aromatic carbocycles. The molecule has 0 aromatic rings. The van der Waals surface area contributed by atoms with Crippen molar-refractivity contribution in [2.45, 2.75) is 38.4 Å². The number of ether oxygens (including phenoxy) is 1. The largest absolute Gasteiger partial charge is 0.394 e. The number of aliphatic hydroxyl groups is 3. The standard InChI is InChI=1S/C11H17NO6/c1-6(14)3-4-12(7(2)15)11-10(17)9(16)8(5-13)18-11/h3-4,8-11,13,16-17H,5H2,1-2H3/b4-3-/t8-,9?,10+,11-/m1/s1. The highest BCUT2D eigenvalue weighted by atomic mass is 16.6. The van der Waals surface area contributed by atoms with E-state index in [1.165, 1.54) is 20.0 Å². The number of ketones is 1. The molecule has 7 heteroatoms. The lowest BCUT2D eigenvalue weighted by Crippen LogP contribution is -2.43. The van der Waals surface area contributed by atoms with Gasteiger partial charge in [-0.25, -0.2) is 0 Å². The molecule has 1 rings (SSSR count). The molecule has 1 amide bonds. The molecule has 1 unspecified atom stereocenters. The molecule has 4 atom stereocenters. The van der Waals surface area contributed by atoms with Crippen LogP contribution in [0.2, 0.25) is 0 Å². The number of allylic oxidation sites excluding steroid dienone is 1. The second kappa shape index (κ2) is 6.05. The van der Waals surface area contributed by atoms with Crippen molar-refractivity contribution in [2.24, 2.45) is 0 Å². The average molecular weight is 259 g/mol. The van der Waals surface area contributed by atoms with E-state index in [-0.39, 0.29) is 5.78 Å². The van der Waals surface area contributed by atoms with Gasteiger partial charge in [0.1, 0.15) is 18.3 Å². The first-order valence-corrected chi connectivity index (χ1v) is 5.48. The van der Waals surface area contributed by atoms with Crippen molar-refractivity contribution in [3.63, 3.8) is 0 Å². The van der Waals surface area contributed by atoms with E-state index in [0.717, 1.165) is 11.0 Å². The van der Waals surface area contributed by atoms with Crippen molar-refractivity contribution in [1.82, 2.24) is 4.90 Å². The molecule has 18 heavy (non-hydrogen) atoms. The van der Waals surface area contributed by atoms with E-state index in [0.29, 0.717) is 0 Å². The maximum absolute atomic E-state index is 11.4. The van der Waals surface area contributed by atoms with Crippen molar-refractivity contribution in [3.8, 4) is 0 Å². The fourth-order valence-electron chi connectivity index (χ4n) is 1.66.